The van der Waals surface area contributed by atoms with Crippen LogP contribution in [0.4, 0.5) is 0 Å². The van der Waals surface area contributed by atoms with Crippen LogP contribution in [0.1, 0.15) is 56.1 Å². The second kappa shape index (κ2) is 5.74. The van der Waals surface area contributed by atoms with Crippen LogP contribution in [0.25, 0.3) is 0 Å². The van der Waals surface area contributed by atoms with Crippen LogP contribution < -0.4 is 14.1 Å². The first-order valence-corrected chi connectivity index (χ1v) is 10.4. The molecule has 0 amide bonds. The Morgan fingerprint density at radius 3 is 2.68 bits per heavy atom. The van der Waals surface area contributed by atoms with E-state index < -0.39 is 10.3 Å². The summed E-state index contributed by atoms with van der Waals surface area (Å²) in [5.41, 5.74) is 4.48. The molecule has 2 unspecified atom stereocenters. The molecule has 4 rings (SSSR count). The number of hydrogen-bond acceptors (Lipinski definition) is 4. The minimum Gasteiger partial charge on any atom is -0.493 e. The third-order valence-electron chi connectivity index (χ3n) is 6.41. The van der Waals surface area contributed by atoms with Crippen LogP contribution in [-0.2, 0) is 16.7 Å². The fraction of sp³-hybridized carbons (Fsp3) is 0.579. The van der Waals surface area contributed by atoms with E-state index in [-0.39, 0.29) is 5.75 Å². The zero-order chi connectivity index (χ0) is 17.8. The molecular formula is C19H25NO4S. The summed E-state index contributed by atoms with van der Waals surface area (Å²) >= 11 is 0. The van der Waals surface area contributed by atoms with E-state index in [2.05, 4.69) is 13.0 Å². The highest BCUT2D eigenvalue weighted by molar-refractivity contribution is 7.84. The maximum atomic E-state index is 11.3. The molecule has 0 spiro atoms. The minimum absolute atomic E-state index is 0.183. The Morgan fingerprint density at radius 1 is 1.16 bits per heavy atom. The highest BCUT2D eigenvalue weighted by atomic mass is 32.2. The molecule has 2 N–H and O–H groups in total. The summed E-state index contributed by atoms with van der Waals surface area (Å²) < 4.78 is 32.9. The lowest BCUT2D eigenvalue weighted by molar-refractivity contribution is 0.217. The molecule has 25 heavy (non-hydrogen) atoms. The van der Waals surface area contributed by atoms with Gasteiger partial charge in [0, 0.05) is 0 Å². The summed E-state index contributed by atoms with van der Waals surface area (Å²) in [6, 6.07) is 3.76. The standard InChI is InChI=1S/C19H25NO4S/c1-19-8-3-4-16(19)14-6-5-12-10-18(24-25(20,21)22)17(23-2)11-15(12)13(14)7-9-19/h4,10-11,13-14H,3,5-9H2,1-2H3,(H2,20,21,22)/t13?,14?,19-/m0/s1. The van der Waals surface area contributed by atoms with Gasteiger partial charge < -0.3 is 8.92 Å². The number of ether oxygens (including phenoxy) is 1. The fourth-order valence-corrected chi connectivity index (χ4v) is 5.65. The molecule has 0 aromatic heterocycles. The monoisotopic (exact) mass is 363 g/mol. The quantitative estimate of drug-likeness (QED) is 0.834. The summed E-state index contributed by atoms with van der Waals surface area (Å²) in [6.07, 6.45) is 9.38. The van der Waals surface area contributed by atoms with E-state index in [1.165, 1.54) is 38.4 Å². The summed E-state index contributed by atoms with van der Waals surface area (Å²) in [4.78, 5) is 0. The molecule has 1 aromatic carbocycles. The van der Waals surface area contributed by atoms with E-state index in [4.69, 9.17) is 14.1 Å². The first kappa shape index (κ1) is 16.9. The molecule has 3 atom stereocenters. The zero-order valence-corrected chi connectivity index (χ0v) is 15.6. The minimum atomic E-state index is -4.07. The highest BCUT2D eigenvalue weighted by Crippen LogP contribution is 2.59. The second-order valence-corrected chi connectivity index (χ2v) is 8.98. The van der Waals surface area contributed by atoms with Crippen molar-refractivity contribution in [3.8, 4) is 11.5 Å². The van der Waals surface area contributed by atoms with E-state index in [0.29, 0.717) is 23.0 Å². The molecule has 6 heteroatoms. The zero-order valence-electron chi connectivity index (χ0n) is 14.7. The van der Waals surface area contributed by atoms with Gasteiger partial charge in [-0.1, -0.05) is 18.6 Å². The molecule has 1 fully saturated rings. The van der Waals surface area contributed by atoms with E-state index >= 15 is 0 Å². The topological polar surface area (TPSA) is 78.6 Å². The molecule has 0 radical (unpaired) electrons. The summed E-state index contributed by atoms with van der Waals surface area (Å²) in [7, 11) is -2.55. The average molecular weight is 363 g/mol. The molecule has 0 heterocycles. The SMILES string of the molecule is COc1cc2c(cc1OS(N)(=O)=O)CCC1C3=CCC[C@@]3(C)CCC21. The number of allylic oxidation sites excluding steroid dienone is 2. The third-order valence-corrected chi connectivity index (χ3v) is 6.82. The first-order valence-electron chi connectivity index (χ1n) is 8.94. The van der Waals surface area contributed by atoms with Gasteiger partial charge in [0.05, 0.1) is 7.11 Å². The smallest absolute Gasteiger partial charge is 0.380 e. The lowest BCUT2D eigenvalue weighted by atomic mass is 9.58. The van der Waals surface area contributed by atoms with Gasteiger partial charge >= 0.3 is 10.3 Å². The normalized spacial score (nSPS) is 30.8. The van der Waals surface area contributed by atoms with Gasteiger partial charge in [0.25, 0.3) is 0 Å². The van der Waals surface area contributed by atoms with Crippen molar-refractivity contribution in [2.45, 2.75) is 51.4 Å². The van der Waals surface area contributed by atoms with E-state index in [1.54, 1.807) is 11.6 Å². The van der Waals surface area contributed by atoms with Crippen molar-refractivity contribution in [3.63, 3.8) is 0 Å². The van der Waals surface area contributed by atoms with Crippen LogP contribution in [0, 0.1) is 11.3 Å². The number of nitrogens with two attached hydrogens (primary N) is 1. The van der Waals surface area contributed by atoms with Crippen molar-refractivity contribution in [2.75, 3.05) is 7.11 Å². The summed E-state index contributed by atoms with van der Waals surface area (Å²) in [6.45, 7) is 2.42. The predicted molar refractivity (Wildman–Crippen MR) is 95.9 cm³/mol. The van der Waals surface area contributed by atoms with Crippen LogP contribution in [0.3, 0.4) is 0 Å². The van der Waals surface area contributed by atoms with Gasteiger partial charge in [0.15, 0.2) is 11.5 Å². The highest BCUT2D eigenvalue weighted by Gasteiger charge is 2.46. The maximum absolute atomic E-state index is 11.3. The Kier molecular flexibility index (Phi) is 3.88. The number of benzene rings is 1. The van der Waals surface area contributed by atoms with Crippen molar-refractivity contribution in [3.05, 3.63) is 34.9 Å². The maximum Gasteiger partial charge on any atom is 0.380 e. The van der Waals surface area contributed by atoms with Gasteiger partial charge in [0.2, 0.25) is 0 Å². The third kappa shape index (κ3) is 2.85. The Bertz CT molecular complexity index is 845. The first-order chi connectivity index (χ1) is 11.8. The van der Waals surface area contributed by atoms with Gasteiger partial charge in [-0.2, -0.15) is 13.6 Å². The number of aryl methyl sites for hydroxylation is 1. The molecule has 0 aliphatic heterocycles. The van der Waals surface area contributed by atoms with Crippen molar-refractivity contribution in [2.24, 2.45) is 16.5 Å². The number of hydrogen-bond donors (Lipinski definition) is 1. The predicted octanol–water partition coefficient (Wildman–Crippen LogP) is 3.44. The molecule has 136 valence electrons. The van der Waals surface area contributed by atoms with Crippen LogP contribution >= 0.6 is 0 Å². The van der Waals surface area contributed by atoms with Gasteiger partial charge in [-0.25, -0.2) is 0 Å². The molecule has 3 aliphatic carbocycles. The van der Waals surface area contributed by atoms with Gasteiger partial charge in [-0.05, 0) is 79.0 Å². The largest absolute Gasteiger partial charge is 0.493 e. The number of fused-ring (bicyclic) bond motifs is 5. The Hall–Kier alpha value is -1.53. The summed E-state index contributed by atoms with van der Waals surface area (Å²) in [5.74, 6) is 1.70. The number of rotatable bonds is 3. The van der Waals surface area contributed by atoms with Crippen molar-refractivity contribution >= 4 is 10.3 Å². The molecule has 0 bridgehead atoms. The number of methoxy groups -OCH3 is 1. The molecule has 1 aromatic rings. The molecule has 0 saturated heterocycles. The fourth-order valence-electron chi connectivity index (χ4n) is 5.27. The van der Waals surface area contributed by atoms with E-state index in [9.17, 15) is 8.42 Å². The van der Waals surface area contributed by atoms with Gasteiger partial charge in [0.1, 0.15) is 0 Å². The Labute approximate surface area is 149 Å². The Morgan fingerprint density at radius 2 is 1.96 bits per heavy atom. The van der Waals surface area contributed by atoms with Crippen LogP contribution in [-0.4, -0.2) is 15.5 Å². The van der Waals surface area contributed by atoms with Crippen molar-refractivity contribution < 1.29 is 17.3 Å². The molecular weight excluding hydrogens is 338 g/mol. The lowest BCUT2D eigenvalue weighted by Crippen LogP contribution is -2.34. The van der Waals surface area contributed by atoms with Gasteiger partial charge in [-0.3, -0.25) is 0 Å². The molecule has 5 nitrogen and oxygen atoms in total. The van der Waals surface area contributed by atoms with Crippen LogP contribution in [0.2, 0.25) is 0 Å². The molecule has 3 aliphatic rings. The Balaban J connectivity index is 1.74. The van der Waals surface area contributed by atoms with Crippen LogP contribution in [0.5, 0.6) is 11.5 Å². The average Bonchev–Trinajstić information content (AvgIpc) is 2.94. The van der Waals surface area contributed by atoms with E-state index in [1.807, 2.05) is 6.07 Å². The lowest BCUT2D eigenvalue weighted by Gasteiger charge is -2.46. The van der Waals surface area contributed by atoms with Gasteiger partial charge in [-0.15, -0.1) is 0 Å². The molecule has 1 saturated carbocycles. The summed E-state index contributed by atoms with van der Waals surface area (Å²) in [5, 5.41) is 5.03. The second-order valence-electron chi connectivity index (χ2n) is 7.83. The van der Waals surface area contributed by atoms with Crippen molar-refractivity contribution in [1.29, 1.82) is 0 Å². The van der Waals surface area contributed by atoms with Crippen molar-refractivity contribution in [1.82, 2.24) is 0 Å². The van der Waals surface area contributed by atoms with E-state index in [0.717, 1.165) is 18.4 Å². The van der Waals surface area contributed by atoms with Crippen LogP contribution in [0.15, 0.2) is 23.8 Å².